The van der Waals surface area contributed by atoms with Gasteiger partial charge >= 0.3 is 0 Å². The van der Waals surface area contributed by atoms with Crippen LogP contribution in [-0.4, -0.2) is 13.1 Å². The van der Waals surface area contributed by atoms with Crippen molar-refractivity contribution in [3.8, 4) is 6.07 Å². The Morgan fingerprint density at radius 3 is 3.00 bits per heavy atom. The van der Waals surface area contributed by atoms with Crippen LogP contribution in [0.15, 0.2) is 24.3 Å². The van der Waals surface area contributed by atoms with E-state index in [-0.39, 0.29) is 5.92 Å². The summed E-state index contributed by atoms with van der Waals surface area (Å²) in [6.07, 6.45) is 0. The second-order valence-corrected chi connectivity index (χ2v) is 3.91. The summed E-state index contributed by atoms with van der Waals surface area (Å²) in [7, 11) is 0. The fourth-order valence-corrected chi connectivity index (χ4v) is 2.07. The monoisotopic (exact) mass is 186 g/mol. The Balaban J connectivity index is 2.27. The standard InChI is InChI=1S/C12H14N2/c1-9-3-2-4-10(5-9)12-8-14-7-11(12)6-13/h2-5,11-12,14H,7-8H2,1H3/t11-,12+/m0/s1. The van der Waals surface area contributed by atoms with Gasteiger partial charge in [0.2, 0.25) is 0 Å². The normalized spacial score (nSPS) is 26.0. The van der Waals surface area contributed by atoms with Crippen molar-refractivity contribution in [2.45, 2.75) is 12.8 Å². The largest absolute Gasteiger partial charge is 0.315 e. The molecular formula is C12H14N2. The molecule has 0 amide bonds. The van der Waals surface area contributed by atoms with Gasteiger partial charge in [-0.15, -0.1) is 0 Å². The van der Waals surface area contributed by atoms with Crippen molar-refractivity contribution in [3.63, 3.8) is 0 Å². The van der Waals surface area contributed by atoms with Gasteiger partial charge in [0.25, 0.3) is 0 Å². The third-order valence-corrected chi connectivity index (χ3v) is 2.85. The second-order valence-electron chi connectivity index (χ2n) is 3.91. The van der Waals surface area contributed by atoms with E-state index >= 15 is 0 Å². The Labute approximate surface area is 84.6 Å². The van der Waals surface area contributed by atoms with Gasteiger partial charge in [-0.25, -0.2) is 0 Å². The van der Waals surface area contributed by atoms with Crippen molar-refractivity contribution in [1.82, 2.24) is 5.32 Å². The van der Waals surface area contributed by atoms with Crippen LogP contribution in [0, 0.1) is 24.2 Å². The molecule has 1 saturated heterocycles. The van der Waals surface area contributed by atoms with Gasteiger partial charge in [-0.2, -0.15) is 5.26 Å². The molecule has 1 aromatic rings. The second kappa shape index (κ2) is 3.81. The van der Waals surface area contributed by atoms with E-state index in [1.165, 1.54) is 11.1 Å². The Morgan fingerprint density at radius 2 is 2.29 bits per heavy atom. The van der Waals surface area contributed by atoms with Crippen molar-refractivity contribution in [3.05, 3.63) is 35.4 Å². The number of rotatable bonds is 1. The summed E-state index contributed by atoms with van der Waals surface area (Å²) in [5.41, 5.74) is 2.56. The highest BCUT2D eigenvalue weighted by atomic mass is 14.9. The highest BCUT2D eigenvalue weighted by molar-refractivity contribution is 5.28. The van der Waals surface area contributed by atoms with Crippen LogP contribution >= 0.6 is 0 Å². The lowest BCUT2D eigenvalue weighted by Gasteiger charge is -2.12. The van der Waals surface area contributed by atoms with Crippen LogP contribution in [0.2, 0.25) is 0 Å². The lowest BCUT2D eigenvalue weighted by Crippen LogP contribution is -2.08. The van der Waals surface area contributed by atoms with E-state index in [4.69, 9.17) is 5.26 Å². The molecule has 0 unspecified atom stereocenters. The van der Waals surface area contributed by atoms with E-state index in [1.54, 1.807) is 0 Å². The maximum absolute atomic E-state index is 8.98. The molecule has 1 aliphatic heterocycles. The van der Waals surface area contributed by atoms with Gasteiger partial charge in [-0.1, -0.05) is 29.8 Å². The van der Waals surface area contributed by atoms with Crippen LogP contribution in [0.25, 0.3) is 0 Å². The van der Waals surface area contributed by atoms with Crippen LogP contribution < -0.4 is 5.32 Å². The number of hydrogen-bond donors (Lipinski definition) is 1. The zero-order valence-corrected chi connectivity index (χ0v) is 8.33. The molecule has 1 fully saturated rings. The molecule has 0 spiro atoms. The molecule has 1 aliphatic rings. The summed E-state index contributed by atoms with van der Waals surface area (Å²) < 4.78 is 0. The minimum Gasteiger partial charge on any atom is -0.315 e. The molecular weight excluding hydrogens is 172 g/mol. The van der Waals surface area contributed by atoms with E-state index in [2.05, 4.69) is 42.6 Å². The van der Waals surface area contributed by atoms with Gasteiger partial charge in [0.1, 0.15) is 0 Å². The molecule has 2 rings (SSSR count). The Bertz CT molecular complexity index is 365. The predicted molar refractivity (Wildman–Crippen MR) is 55.9 cm³/mol. The zero-order valence-electron chi connectivity index (χ0n) is 8.33. The fraction of sp³-hybridized carbons (Fsp3) is 0.417. The average Bonchev–Trinajstić information content (AvgIpc) is 2.65. The van der Waals surface area contributed by atoms with Crippen molar-refractivity contribution >= 4 is 0 Å². The van der Waals surface area contributed by atoms with Gasteiger partial charge in [0.05, 0.1) is 12.0 Å². The maximum Gasteiger partial charge on any atom is 0.0676 e. The number of nitrogens with one attached hydrogen (secondary N) is 1. The number of aryl methyl sites for hydroxylation is 1. The fourth-order valence-electron chi connectivity index (χ4n) is 2.07. The topological polar surface area (TPSA) is 35.8 Å². The molecule has 1 heterocycles. The lowest BCUT2D eigenvalue weighted by molar-refractivity contribution is 0.646. The smallest absolute Gasteiger partial charge is 0.0676 e. The molecule has 0 bridgehead atoms. The molecule has 0 saturated carbocycles. The van der Waals surface area contributed by atoms with Gasteiger partial charge in [0, 0.05) is 19.0 Å². The molecule has 72 valence electrons. The summed E-state index contributed by atoms with van der Waals surface area (Å²) in [4.78, 5) is 0. The Morgan fingerprint density at radius 1 is 1.43 bits per heavy atom. The molecule has 1 N–H and O–H groups in total. The molecule has 1 aromatic carbocycles. The first-order chi connectivity index (χ1) is 6.81. The molecule has 0 radical (unpaired) electrons. The summed E-state index contributed by atoms with van der Waals surface area (Å²) >= 11 is 0. The molecule has 0 aromatic heterocycles. The zero-order chi connectivity index (χ0) is 9.97. The minimum atomic E-state index is 0.136. The van der Waals surface area contributed by atoms with Gasteiger partial charge < -0.3 is 5.32 Å². The highest BCUT2D eigenvalue weighted by Gasteiger charge is 2.27. The first-order valence-electron chi connectivity index (χ1n) is 4.98. The average molecular weight is 186 g/mol. The third kappa shape index (κ3) is 1.64. The van der Waals surface area contributed by atoms with Crippen LogP contribution in [0.4, 0.5) is 0 Å². The number of nitrogens with zero attached hydrogens (tertiary/aromatic N) is 1. The van der Waals surface area contributed by atoms with E-state index in [0.717, 1.165) is 13.1 Å². The maximum atomic E-state index is 8.98. The van der Waals surface area contributed by atoms with Crippen molar-refractivity contribution in [2.75, 3.05) is 13.1 Å². The molecule has 2 nitrogen and oxygen atoms in total. The van der Waals surface area contributed by atoms with Gasteiger partial charge in [0.15, 0.2) is 0 Å². The predicted octanol–water partition coefficient (Wildman–Crippen LogP) is 1.82. The summed E-state index contributed by atoms with van der Waals surface area (Å²) in [5.74, 6) is 0.511. The molecule has 2 atom stereocenters. The Kier molecular flexibility index (Phi) is 2.51. The van der Waals surface area contributed by atoms with Gasteiger partial charge in [-0.05, 0) is 12.5 Å². The first kappa shape index (κ1) is 9.23. The Hall–Kier alpha value is -1.33. The van der Waals surface area contributed by atoms with Crippen LogP contribution in [0.3, 0.4) is 0 Å². The van der Waals surface area contributed by atoms with Gasteiger partial charge in [-0.3, -0.25) is 0 Å². The van der Waals surface area contributed by atoms with Crippen molar-refractivity contribution < 1.29 is 0 Å². The van der Waals surface area contributed by atoms with E-state index in [1.807, 2.05) is 0 Å². The third-order valence-electron chi connectivity index (χ3n) is 2.85. The number of benzene rings is 1. The van der Waals surface area contributed by atoms with E-state index in [9.17, 15) is 0 Å². The first-order valence-corrected chi connectivity index (χ1v) is 4.98. The number of hydrogen-bond acceptors (Lipinski definition) is 2. The molecule has 0 aliphatic carbocycles. The molecule has 14 heavy (non-hydrogen) atoms. The van der Waals surface area contributed by atoms with Crippen molar-refractivity contribution in [2.24, 2.45) is 5.92 Å². The summed E-state index contributed by atoms with van der Waals surface area (Å²) in [5, 5.41) is 12.2. The van der Waals surface area contributed by atoms with Crippen molar-refractivity contribution in [1.29, 1.82) is 5.26 Å². The lowest BCUT2D eigenvalue weighted by atomic mass is 9.89. The molecule has 2 heteroatoms. The SMILES string of the molecule is Cc1cccc([C@H]2CNC[C@@H]2C#N)c1. The number of nitriles is 1. The van der Waals surface area contributed by atoms with Crippen LogP contribution in [-0.2, 0) is 0 Å². The van der Waals surface area contributed by atoms with E-state index in [0.29, 0.717) is 5.92 Å². The van der Waals surface area contributed by atoms with E-state index < -0.39 is 0 Å². The quantitative estimate of drug-likeness (QED) is 0.726. The summed E-state index contributed by atoms with van der Waals surface area (Å²) in [6.45, 7) is 3.85. The van der Waals surface area contributed by atoms with Crippen LogP contribution in [0.5, 0.6) is 0 Å². The summed E-state index contributed by atoms with van der Waals surface area (Å²) in [6, 6.07) is 10.8. The minimum absolute atomic E-state index is 0.136. The highest BCUT2D eigenvalue weighted by Crippen LogP contribution is 2.27. The van der Waals surface area contributed by atoms with Crippen LogP contribution in [0.1, 0.15) is 17.0 Å².